The molecule has 0 atom stereocenters. The molecule has 0 unspecified atom stereocenters. The van der Waals surface area contributed by atoms with Gasteiger partial charge in [-0.25, -0.2) is 0 Å². The van der Waals surface area contributed by atoms with Gasteiger partial charge in [0.15, 0.2) is 5.11 Å². The third-order valence-electron chi connectivity index (χ3n) is 6.30. The van der Waals surface area contributed by atoms with E-state index in [0.29, 0.717) is 16.2 Å². The minimum atomic E-state index is -0.448. The second-order valence-electron chi connectivity index (χ2n) is 8.36. The van der Waals surface area contributed by atoms with Crippen LogP contribution in [0.15, 0.2) is 18.2 Å². The summed E-state index contributed by atoms with van der Waals surface area (Å²) < 4.78 is 0. The molecule has 1 aromatic rings. The van der Waals surface area contributed by atoms with Crippen LogP contribution in [0.4, 0.5) is 5.69 Å². The summed E-state index contributed by atoms with van der Waals surface area (Å²) >= 11 is 5.41. The van der Waals surface area contributed by atoms with Gasteiger partial charge in [-0.1, -0.05) is 0 Å². The highest BCUT2D eigenvalue weighted by Gasteiger charge is 2.51. The molecule has 5 rings (SSSR count). The zero-order chi connectivity index (χ0) is 18.5. The minimum Gasteiger partial charge on any atom is -0.357 e. The number of nitro groups is 1. The van der Waals surface area contributed by atoms with E-state index >= 15 is 0 Å². The van der Waals surface area contributed by atoms with Crippen LogP contribution in [0, 0.1) is 34.8 Å². The van der Waals surface area contributed by atoms with Gasteiger partial charge in [-0.2, -0.15) is 0 Å². The van der Waals surface area contributed by atoms with Crippen LogP contribution >= 0.6 is 12.2 Å². The Labute approximate surface area is 157 Å². The maximum Gasteiger partial charge on any atom is 0.272 e. The van der Waals surface area contributed by atoms with Crippen LogP contribution in [-0.2, 0) is 0 Å². The first-order chi connectivity index (χ1) is 12.3. The van der Waals surface area contributed by atoms with Crippen molar-refractivity contribution in [3.05, 3.63) is 39.4 Å². The van der Waals surface area contributed by atoms with Gasteiger partial charge in [-0.15, -0.1) is 0 Å². The van der Waals surface area contributed by atoms with Gasteiger partial charge in [-0.05, 0) is 87.6 Å². The Morgan fingerprint density at radius 1 is 1.19 bits per heavy atom. The zero-order valence-electron chi connectivity index (χ0n) is 14.8. The van der Waals surface area contributed by atoms with Crippen molar-refractivity contribution in [1.82, 2.24) is 10.6 Å². The smallest absolute Gasteiger partial charge is 0.272 e. The molecular weight excluding hydrogens is 350 g/mol. The predicted molar refractivity (Wildman–Crippen MR) is 102 cm³/mol. The van der Waals surface area contributed by atoms with Gasteiger partial charge in [0.1, 0.15) is 0 Å². The van der Waals surface area contributed by atoms with Crippen LogP contribution in [0.25, 0.3) is 0 Å². The van der Waals surface area contributed by atoms with E-state index in [2.05, 4.69) is 10.6 Å². The molecule has 138 valence electrons. The average Bonchev–Trinajstić information content (AvgIpc) is 2.52. The molecule has 4 fully saturated rings. The van der Waals surface area contributed by atoms with Gasteiger partial charge in [0, 0.05) is 22.7 Å². The average molecular weight is 373 g/mol. The molecule has 0 saturated heterocycles. The fourth-order valence-corrected chi connectivity index (χ4v) is 6.02. The van der Waals surface area contributed by atoms with Crippen molar-refractivity contribution in [1.29, 1.82) is 0 Å². The Bertz CT molecular complexity index is 757. The lowest BCUT2D eigenvalue weighted by atomic mass is 9.53. The molecule has 2 N–H and O–H groups in total. The van der Waals surface area contributed by atoms with Gasteiger partial charge in [0.25, 0.3) is 11.6 Å². The summed E-state index contributed by atoms with van der Waals surface area (Å²) in [5.41, 5.74) is 0.894. The van der Waals surface area contributed by atoms with Gasteiger partial charge >= 0.3 is 0 Å². The molecule has 4 bridgehead atoms. The number of nitrogens with one attached hydrogen (secondary N) is 2. The van der Waals surface area contributed by atoms with E-state index in [9.17, 15) is 14.9 Å². The van der Waals surface area contributed by atoms with Gasteiger partial charge in [-0.3, -0.25) is 20.2 Å². The van der Waals surface area contributed by atoms with Crippen molar-refractivity contribution in [3.63, 3.8) is 0 Å². The summed E-state index contributed by atoms with van der Waals surface area (Å²) in [6.07, 6.45) is 7.48. The Morgan fingerprint density at radius 2 is 1.77 bits per heavy atom. The van der Waals surface area contributed by atoms with Crippen LogP contribution in [-0.4, -0.2) is 21.5 Å². The number of aryl methyl sites for hydroxylation is 1. The van der Waals surface area contributed by atoms with Crippen molar-refractivity contribution in [2.45, 2.75) is 51.0 Å². The molecule has 26 heavy (non-hydrogen) atoms. The summed E-state index contributed by atoms with van der Waals surface area (Å²) in [5, 5.41) is 17.5. The summed E-state index contributed by atoms with van der Waals surface area (Å²) in [5.74, 6) is 2.06. The lowest BCUT2D eigenvalue weighted by Crippen LogP contribution is -2.61. The molecular formula is C19H23N3O3S. The van der Waals surface area contributed by atoms with Crippen molar-refractivity contribution < 1.29 is 9.72 Å². The Balaban J connectivity index is 1.41. The monoisotopic (exact) mass is 373 g/mol. The third kappa shape index (κ3) is 3.20. The molecule has 1 aromatic carbocycles. The third-order valence-corrected chi connectivity index (χ3v) is 6.50. The number of hydrogen-bond donors (Lipinski definition) is 2. The number of amides is 1. The van der Waals surface area contributed by atoms with E-state index in [4.69, 9.17) is 12.2 Å². The summed E-state index contributed by atoms with van der Waals surface area (Å²) in [4.78, 5) is 22.9. The first-order valence-electron chi connectivity index (χ1n) is 9.22. The zero-order valence-corrected chi connectivity index (χ0v) is 15.6. The summed E-state index contributed by atoms with van der Waals surface area (Å²) in [6.45, 7) is 1.63. The van der Waals surface area contributed by atoms with E-state index in [1.165, 1.54) is 37.5 Å². The van der Waals surface area contributed by atoms with Crippen molar-refractivity contribution >= 4 is 28.9 Å². The molecule has 4 aliphatic rings. The molecule has 6 nitrogen and oxygen atoms in total. The van der Waals surface area contributed by atoms with Crippen LogP contribution in [0.3, 0.4) is 0 Å². The number of rotatable bonds is 3. The minimum absolute atomic E-state index is 0.0100. The standard InChI is InChI=1S/C19H23N3O3S/c1-11-4-15(2-3-16(11)22(24)25)17(23)20-18(26)21-19-8-12-5-13(9-19)7-14(6-12)10-19/h2-4,12-14H,5-10H2,1H3,(H2,20,21,23,26). The topological polar surface area (TPSA) is 84.3 Å². The van der Waals surface area contributed by atoms with Crippen molar-refractivity contribution in [2.75, 3.05) is 0 Å². The fourth-order valence-electron chi connectivity index (χ4n) is 5.71. The van der Waals surface area contributed by atoms with Crippen LogP contribution in [0.1, 0.15) is 54.4 Å². The highest BCUT2D eigenvalue weighted by Crippen LogP contribution is 2.55. The number of benzene rings is 1. The highest BCUT2D eigenvalue weighted by atomic mass is 32.1. The molecule has 0 aromatic heterocycles. The van der Waals surface area contributed by atoms with E-state index in [0.717, 1.165) is 37.0 Å². The van der Waals surface area contributed by atoms with Crippen molar-refractivity contribution in [3.8, 4) is 0 Å². The SMILES string of the molecule is Cc1cc(C(=O)NC(=S)NC23CC4CC(CC(C4)C2)C3)ccc1[N+](=O)[O-]. The van der Waals surface area contributed by atoms with Crippen LogP contribution in [0.2, 0.25) is 0 Å². The molecule has 7 heteroatoms. The fraction of sp³-hybridized carbons (Fsp3) is 0.579. The molecule has 0 spiro atoms. The first-order valence-corrected chi connectivity index (χ1v) is 9.63. The molecule has 1 amide bonds. The number of thiocarbonyl (C=S) groups is 1. The second-order valence-corrected chi connectivity index (χ2v) is 8.77. The largest absolute Gasteiger partial charge is 0.357 e. The first kappa shape index (κ1) is 17.4. The number of hydrogen-bond acceptors (Lipinski definition) is 4. The number of nitrogens with zero attached hydrogens (tertiary/aromatic N) is 1. The Morgan fingerprint density at radius 3 is 2.27 bits per heavy atom. The molecule has 0 radical (unpaired) electrons. The lowest BCUT2D eigenvalue weighted by molar-refractivity contribution is -0.385. The highest BCUT2D eigenvalue weighted by molar-refractivity contribution is 7.80. The molecule has 0 heterocycles. The van der Waals surface area contributed by atoms with Gasteiger partial charge in [0.2, 0.25) is 0 Å². The predicted octanol–water partition coefficient (Wildman–Crippen LogP) is 3.48. The quantitative estimate of drug-likeness (QED) is 0.481. The maximum atomic E-state index is 12.5. The van der Waals surface area contributed by atoms with E-state index in [1.807, 2.05) is 0 Å². The van der Waals surface area contributed by atoms with Gasteiger partial charge < -0.3 is 5.32 Å². The number of carbonyl (C=O) groups excluding carboxylic acids is 1. The number of nitro benzene ring substituents is 1. The normalized spacial score (nSPS) is 31.5. The van der Waals surface area contributed by atoms with E-state index in [-0.39, 0.29) is 17.1 Å². The summed E-state index contributed by atoms with van der Waals surface area (Å²) in [7, 11) is 0. The Hall–Kier alpha value is -2.02. The molecule has 0 aliphatic heterocycles. The lowest BCUT2D eigenvalue weighted by Gasteiger charge is -2.57. The van der Waals surface area contributed by atoms with Crippen molar-refractivity contribution in [2.24, 2.45) is 17.8 Å². The maximum absolute atomic E-state index is 12.5. The Kier molecular flexibility index (Phi) is 4.22. The van der Waals surface area contributed by atoms with Crippen LogP contribution in [0.5, 0.6) is 0 Å². The molecule has 4 saturated carbocycles. The summed E-state index contributed by atoms with van der Waals surface area (Å²) in [6, 6.07) is 4.36. The van der Waals surface area contributed by atoms with E-state index < -0.39 is 4.92 Å². The van der Waals surface area contributed by atoms with Crippen LogP contribution < -0.4 is 10.6 Å². The number of carbonyl (C=O) groups is 1. The molecule has 4 aliphatic carbocycles. The van der Waals surface area contributed by atoms with E-state index in [1.54, 1.807) is 6.92 Å². The van der Waals surface area contributed by atoms with Gasteiger partial charge in [0.05, 0.1) is 4.92 Å². The second kappa shape index (κ2) is 6.30.